The third kappa shape index (κ3) is 8.38. The summed E-state index contributed by atoms with van der Waals surface area (Å²) in [7, 11) is 3.56. The molecule has 0 rings (SSSR count). The molecule has 0 aliphatic rings. The summed E-state index contributed by atoms with van der Waals surface area (Å²) in [5.41, 5.74) is 0. The monoisotopic (exact) mass is 218 g/mol. The van der Waals surface area contributed by atoms with Crippen molar-refractivity contribution in [1.82, 2.24) is 10.2 Å². The van der Waals surface area contributed by atoms with Crippen molar-refractivity contribution in [3.8, 4) is 0 Å². The first-order valence-electron chi connectivity index (χ1n) is 5.08. The van der Waals surface area contributed by atoms with Crippen molar-refractivity contribution in [2.45, 2.75) is 19.3 Å². The molecular formula is C10H22N2OS. The first-order chi connectivity index (χ1) is 6.68. The maximum Gasteiger partial charge on any atom is 0.236 e. The molecule has 14 heavy (non-hydrogen) atoms. The zero-order chi connectivity index (χ0) is 10.8. The highest BCUT2D eigenvalue weighted by Crippen LogP contribution is 2.00. The topological polar surface area (TPSA) is 32.3 Å². The molecule has 0 unspecified atom stereocenters. The molecule has 0 saturated carbocycles. The van der Waals surface area contributed by atoms with E-state index in [1.165, 1.54) is 25.0 Å². The minimum absolute atomic E-state index is 0.147. The van der Waals surface area contributed by atoms with Crippen molar-refractivity contribution in [2.24, 2.45) is 0 Å². The van der Waals surface area contributed by atoms with Gasteiger partial charge in [0.15, 0.2) is 0 Å². The summed E-state index contributed by atoms with van der Waals surface area (Å²) in [5.74, 6) is 1.39. The summed E-state index contributed by atoms with van der Waals surface area (Å²) in [5, 5.41) is 3.15. The van der Waals surface area contributed by atoms with Crippen LogP contribution in [-0.2, 0) is 4.79 Å². The maximum atomic E-state index is 11.1. The highest BCUT2D eigenvalue weighted by molar-refractivity contribution is 7.98. The highest BCUT2D eigenvalue weighted by atomic mass is 32.2. The fourth-order valence-corrected chi connectivity index (χ4v) is 1.52. The first-order valence-corrected chi connectivity index (χ1v) is 6.47. The van der Waals surface area contributed by atoms with E-state index in [2.05, 4.69) is 11.6 Å². The van der Waals surface area contributed by atoms with Gasteiger partial charge >= 0.3 is 0 Å². The minimum Gasteiger partial charge on any atom is -0.348 e. The molecule has 84 valence electrons. The Hall–Kier alpha value is -0.220. The SMILES string of the molecule is CSCCCCCNCC(=O)N(C)C. The molecule has 0 radical (unpaired) electrons. The van der Waals surface area contributed by atoms with Crippen molar-refractivity contribution >= 4 is 17.7 Å². The van der Waals surface area contributed by atoms with Gasteiger partial charge < -0.3 is 10.2 Å². The summed E-state index contributed by atoms with van der Waals surface area (Å²) in [6.45, 7) is 1.42. The van der Waals surface area contributed by atoms with E-state index in [-0.39, 0.29) is 5.91 Å². The zero-order valence-electron chi connectivity index (χ0n) is 9.51. The number of thioether (sulfide) groups is 1. The standard InChI is InChI=1S/C10H22N2OS/c1-12(2)10(13)9-11-7-5-4-6-8-14-3/h11H,4-9H2,1-3H3. The van der Waals surface area contributed by atoms with Crippen LogP contribution in [0, 0.1) is 0 Å². The largest absolute Gasteiger partial charge is 0.348 e. The van der Waals surface area contributed by atoms with E-state index in [0.29, 0.717) is 6.54 Å². The molecule has 0 aromatic carbocycles. The number of hydrogen-bond donors (Lipinski definition) is 1. The number of nitrogens with zero attached hydrogens (tertiary/aromatic N) is 1. The molecular weight excluding hydrogens is 196 g/mol. The predicted octanol–water partition coefficient (Wildman–Crippen LogP) is 1.20. The highest BCUT2D eigenvalue weighted by Gasteiger charge is 2.01. The molecule has 0 bridgehead atoms. The summed E-state index contributed by atoms with van der Waals surface area (Å²) in [6, 6.07) is 0. The third-order valence-corrected chi connectivity index (χ3v) is 2.67. The molecule has 0 fully saturated rings. The molecule has 0 atom stereocenters. The number of rotatable bonds is 8. The Balaban J connectivity index is 3.10. The van der Waals surface area contributed by atoms with Crippen molar-refractivity contribution < 1.29 is 4.79 Å². The molecule has 4 heteroatoms. The van der Waals surface area contributed by atoms with Crippen LogP contribution in [0.3, 0.4) is 0 Å². The van der Waals surface area contributed by atoms with E-state index in [1.54, 1.807) is 19.0 Å². The average Bonchev–Trinajstić information content (AvgIpc) is 2.16. The number of amides is 1. The molecule has 1 amide bonds. The van der Waals surface area contributed by atoms with Crippen LogP contribution in [0.15, 0.2) is 0 Å². The average molecular weight is 218 g/mol. The van der Waals surface area contributed by atoms with E-state index in [9.17, 15) is 4.79 Å². The van der Waals surface area contributed by atoms with E-state index in [1.807, 2.05) is 11.8 Å². The van der Waals surface area contributed by atoms with Gasteiger partial charge in [-0.1, -0.05) is 6.42 Å². The number of carbonyl (C=O) groups excluding carboxylic acids is 1. The van der Waals surface area contributed by atoms with Crippen molar-refractivity contribution in [2.75, 3.05) is 39.2 Å². The Kier molecular flexibility index (Phi) is 9.19. The number of carbonyl (C=O) groups is 1. The Bertz CT molecular complexity index is 151. The van der Waals surface area contributed by atoms with Crippen molar-refractivity contribution in [3.63, 3.8) is 0 Å². The van der Waals surface area contributed by atoms with E-state index < -0.39 is 0 Å². The van der Waals surface area contributed by atoms with Crippen LogP contribution in [0.1, 0.15) is 19.3 Å². The van der Waals surface area contributed by atoms with Gasteiger partial charge in [-0.05, 0) is 31.4 Å². The van der Waals surface area contributed by atoms with E-state index >= 15 is 0 Å². The van der Waals surface area contributed by atoms with Crippen LogP contribution >= 0.6 is 11.8 Å². The van der Waals surface area contributed by atoms with Gasteiger partial charge in [0.1, 0.15) is 0 Å². The number of unbranched alkanes of at least 4 members (excludes halogenated alkanes) is 2. The Labute approximate surface area is 91.6 Å². The molecule has 0 aromatic rings. The molecule has 0 spiro atoms. The summed E-state index contributed by atoms with van der Waals surface area (Å²) >= 11 is 1.89. The second kappa shape index (κ2) is 9.34. The van der Waals surface area contributed by atoms with Crippen LogP contribution in [0.5, 0.6) is 0 Å². The van der Waals surface area contributed by atoms with Crippen molar-refractivity contribution in [1.29, 1.82) is 0 Å². The lowest BCUT2D eigenvalue weighted by atomic mass is 10.2. The fourth-order valence-electron chi connectivity index (χ4n) is 1.03. The van der Waals surface area contributed by atoms with Gasteiger partial charge in [0.05, 0.1) is 6.54 Å². The smallest absolute Gasteiger partial charge is 0.236 e. The molecule has 0 aromatic heterocycles. The predicted molar refractivity (Wildman–Crippen MR) is 63.8 cm³/mol. The third-order valence-electron chi connectivity index (χ3n) is 1.98. The summed E-state index contributed by atoms with van der Waals surface area (Å²) in [4.78, 5) is 12.7. The molecule has 0 saturated heterocycles. The lowest BCUT2D eigenvalue weighted by Crippen LogP contribution is -2.33. The van der Waals surface area contributed by atoms with Gasteiger partial charge in [0.2, 0.25) is 5.91 Å². The Morgan fingerprint density at radius 2 is 2.00 bits per heavy atom. The lowest BCUT2D eigenvalue weighted by molar-refractivity contribution is -0.127. The van der Waals surface area contributed by atoms with Gasteiger partial charge in [-0.2, -0.15) is 11.8 Å². The normalized spacial score (nSPS) is 10.2. The van der Waals surface area contributed by atoms with Gasteiger partial charge in [0.25, 0.3) is 0 Å². The molecule has 1 N–H and O–H groups in total. The molecule has 0 aliphatic heterocycles. The van der Waals surface area contributed by atoms with Gasteiger partial charge in [-0.25, -0.2) is 0 Å². The van der Waals surface area contributed by atoms with Crippen molar-refractivity contribution in [3.05, 3.63) is 0 Å². The minimum atomic E-state index is 0.147. The Morgan fingerprint density at radius 1 is 1.29 bits per heavy atom. The summed E-state index contributed by atoms with van der Waals surface area (Å²) in [6.07, 6.45) is 5.84. The second-order valence-electron chi connectivity index (χ2n) is 3.52. The number of nitrogens with one attached hydrogen (secondary N) is 1. The lowest BCUT2D eigenvalue weighted by Gasteiger charge is -2.10. The Morgan fingerprint density at radius 3 is 2.57 bits per heavy atom. The molecule has 0 aliphatic carbocycles. The quantitative estimate of drug-likeness (QED) is 0.621. The van der Waals surface area contributed by atoms with Gasteiger partial charge in [0, 0.05) is 14.1 Å². The van der Waals surface area contributed by atoms with Crippen LogP contribution in [0.25, 0.3) is 0 Å². The summed E-state index contributed by atoms with van der Waals surface area (Å²) < 4.78 is 0. The van der Waals surface area contributed by atoms with Gasteiger partial charge in [-0.15, -0.1) is 0 Å². The second-order valence-corrected chi connectivity index (χ2v) is 4.50. The van der Waals surface area contributed by atoms with Crippen LogP contribution in [0.4, 0.5) is 0 Å². The van der Waals surface area contributed by atoms with Crippen LogP contribution < -0.4 is 5.32 Å². The van der Waals surface area contributed by atoms with Crippen LogP contribution in [0.2, 0.25) is 0 Å². The number of likely N-dealkylation sites (N-methyl/N-ethyl adjacent to an activating group) is 1. The number of hydrogen-bond acceptors (Lipinski definition) is 3. The first kappa shape index (κ1) is 13.8. The van der Waals surface area contributed by atoms with E-state index in [0.717, 1.165) is 6.54 Å². The zero-order valence-corrected chi connectivity index (χ0v) is 10.3. The van der Waals surface area contributed by atoms with E-state index in [4.69, 9.17) is 0 Å². The van der Waals surface area contributed by atoms with Crippen LogP contribution in [-0.4, -0.2) is 50.0 Å². The molecule has 3 nitrogen and oxygen atoms in total. The fraction of sp³-hybridized carbons (Fsp3) is 0.900. The maximum absolute atomic E-state index is 11.1. The van der Waals surface area contributed by atoms with Gasteiger partial charge in [-0.3, -0.25) is 4.79 Å². The molecule has 0 heterocycles.